The van der Waals surface area contributed by atoms with Crippen LogP contribution < -0.4 is 25.8 Å². The number of nitrogens with zero attached hydrogens (tertiary/aromatic N) is 3. The minimum absolute atomic E-state index is 0.0528. The lowest BCUT2D eigenvalue weighted by molar-refractivity contribution is -0.385. The predicted molar refractivity (Wildman–Crippen MR) is 134 cm³/mol. The summed E-state index contributed by atoms with van der Waals surface area (Å²) in [6, 6.07) is 15.9. The van der Waals surface area contributed by atoms with E-state index in [1.54, 1.807) is 54.6 Å². The van der Waals surface area contributed by atoms with Crippen molar-refractivity contribution in [2.24, 2.45) is 5.10 Å². The molecule has 0 saturated heterocycles. The number of aromatic nitrogens is 2. The molecular formula is C25H18N6O7. The van der Waals surface area contributed by atoms with Gasteiger partial charge in [-0.25, -0.2) is 10.5 Å². The van der Waals surface area contributed by atoms with Gasteiger partial charge in [0.25, 0.3) is 23.1 Å². The first-order valence-electron chi connectivity index (χ1n) is 11.2. The van der Waals surface area contributed by atoms with Gasteiger partial charge < -0.3 is 14.8 Å². The highest BCUT2D eigenvalue weighted by Gasteiger charge is 2.28. The lowest BCUT2D eigenvalue weighted by Gasteiger charge is -2.18. The number of hydrazone groups is 1. The number of amides is 2. The molecule has 0 unspecified atom stereocenters. The zero-order chi connectivity index (χ0) is 26.6. The van der Waals surface area contributed by atoms with Gasteiger partial charge in [0.05, 0.1) is 28.2 Å². The first-order valence-corrected chi connectivity index (χ1v) is 11.2. The zero-order valence-electron chi connectivity index (χ0n) is 19.4. The van der Waals surface area contributed by atoms with Crippen LogP contribution in [0.3, 0.4) is 0 Å². The number of aromatic amines is 1. The van der Waals surface area contributed by atoms with E-state index < -0.39 is 28.3 Å². The molecule has 13 heteroatoms. The molecule has 1 aliphatic heterocycles. The maximum absolute atomic E-state index is 13.3. The molecule has 2 heterocycles. The van der Waals surface area contributed by atoms with E-state index in [1.165, 1.54) is 12.1 Å². The van der Waals surface area contributed by atoms with Gasteiger partial charge in [0.15, 0.2) is 17.5 Å². The molecule has 5 rings (SSSR count). The van der Waals surface area contributed by atoms with E-state index in [9.17, 15) is 24.5 Å². The van der Waals surface area contributed by atoms with Gasteiger partial charge in [-0.2, -0.15) is 10.2 Å². The quantitative estimate of drug-likeness (QED) is 0.191. The van der Waals surface area contributed by atoms with Crippen molar-refractivity contribution >= 4 is 34.5 Å². The largest absolute Gasteiger partial charge is 0.454 e. The third-order valence-electron chi connectivity index (χ3n) is 5.67. The van der Waals surface area contributed by atoms with Gasteiger partial charge in [0, 0.05) is 10.9 Å². The van der Waals surface area contributed by atoms with Crippen molar-refractivity contribution in [2.45, 2.75) is 6.04 Å². The minimum Gasteiger partial charge on any atom is -0.454 e. The van der Waals surface area contributed by atoms with Crippen LogP contribution in [0.5, 0.6) is 11.5 Å². The summed E-state index contributed by atoms with van der Waals surface area (Å²) in [5.41, 5.74) is 1.93. The topological polar surface area (TPSA) is 178 Å². The number of hydrogen-bond acceptors (Lipinski definition) is 9. The van der Waals surface area contributed by atoms with Crippen molar-refractivity contribution in [1.82, 2.24) is 20.9 Å². The third-order valence-corrected chi connectivity index (χ3v) is 5.67. The van der Waals surface area contributed by atoms with E-state index in [2.05, 4.69) is 26.0 Å². The van der Waals surface area contributed by atoms with Crippen molar-refractivity contribution in [3.05, 3.63) is 104 Å². The number of fused-ring (bicyclic) bond motifs is 2. The van der Waals surface area contributed by atoms with Crippen LogP contribution in [0.4, 0.5) is 5.69 Å². The summed E-state index contributed by atoms with van der Waals surface area (Å²) in [7, 11) is 0. The minimum atomic E-state index is -1.38. The standard InChI is InChI=1S/C25H18N6O7/c32-23(14-6-2-1-3-7-14)27-22(21-16-8-4-5-9-17(16)24(33)30-28-21)25(34)29-26-12-15-10-19-20(38-13-37-19)11-18(15)31(35)36/h1-12,22H,13H2,(H,27,32)(H,29,34)(H,30,33)/b26-12-/t22-/m1/s1. The molecule has 2 amide bonds. The number of benzene rings is 3. The van der Waals surface area contributed by atoms with Crippen molar-refractivity contribution < 1.29 is 24.0 Å². The Morgan fingerprint density at radius 1 is 1.05 bits per heavy atom. The Hall–Kier alpha value is -5.59. The van der Waals surface area contributed by atoms with Crippen LogP contribution in [0.25, 0.3) is 10.8 Å². The fraction of sp³-hybridized carbons (Fsp3) is 0.0800. The molecule has 13 nitrogen and oxygen atoms in total. The number of ether oxygens (including phenoxy) is 2. The number of carbonyl (C=O) groups excluding carboxylic acids is 2. The van der Waals surface area contributed by atoms with Crippen molar-refractivity contribution in [1.29, 1.82) is 0 Å². The van der Waals surface area contributed by atoms with Crippen LogP contribution >= 0.6 is 0 Å². The van der Waals surface area contributed by atoms with Gasteiger partial charge in [0.2, 0.25) is 6.79 Å². The SMILES string of the molecule is O=C(N[C@@H](C(=O)N/N=C\c1cc2c(cc1[N+](=O)[O-])OCO2)c1n[nH]c(=O)c2ccccc12)c1ccccc1. The fourth-order valence-electron chi connectivity index (χ4n) is 3.86. The van der Waals surface area contributed by atoms with Crippen molar-refractivity contribution in [3.63, 3.8) is 0 Å². The first-order chi connectivity index (χ1) is 18.4. The Balaban J connectivity index is 1.47. The molecule has 38 heavy (non-hydrogen) atoms. The Labute approximate surface area is 213 Å². The second kappa shape index (κ2) is 10.2. The summed E-state index contributed by atoms with van der Waals surface area (Å²) >= 11 is 0. The highest BCUT2D eigenvalue weighted by molar-refractivity contribution is 5.99. The number of carbonyl (C=O) groups is 2. The first kappa shape index (κ1) is 24.1. The number of nitro groups is 1. The summed E-state index contributed by atoms with van der Waals surface area (Å²) in [6.45, 7) is -0.0767. The average molecular weight is 514 g/mol. The van der Waals surface area contributed by atoms with Crippen LogP contribution in [-0.2, 0) is 4.79 Å². The molecular weight excluding hydrogens is 496 g/mol. The smallest absolute Gasteiger partial charge is 0.282 e. The Kier molecular flexibility index (Phi) is 6.46. The van der Waals surface area contributed by atoms with Gasteiger partial charge in [0.1, 0.15) is 5.69 Å². The highest BCUT2D eigenvalue weighted by atomic mass is 16.7. The van der Waals surface area contributed by atoms with E-state index in [0.29, 0.717) is 16.7 Å². The summed E-state index contributed by atoms with van der Waals surface area (Å²) in [5, 5.41) is 25.0. The molecule has 0 bridgehead atoms. The molecule has 3 N–H and O–H groups in total. The van der Waals surface area contributed by atoms with E-state index in [-0.39, 0.29) is 34.9 Å². The molecule has 0 fully saturated rings. The highest BCUT2D eigenvalue weighted by Crippen LogP contribution is 2.37. The van der Waals surface area contributed by atoms with Crippen molar-refractivity contribution in [2.75, 3.05) is 6.79 Å². The van der Waals surface area contributed by atoms with Gasteiger partial charge in [-0.05, 0) is 24.3 Å². The second-order valence-electron chi connectivity index (χ2n) is 8.01. The normalized spacial score (nSPS) is 12.8. The van der Waals surface area contributed by atoms with E-state index in [1.807, 2.05) is 0 Å². The van der Waals surface area contributed by atoms with Gasteiger partial charge >= 0.3 is 0 Å². The van der Waals surface area contributed by atoms with Crippen LogP contribution in [0.15, 0.2) is 76.6 Å². The molecule has 1 atom stereocenters. The Morgan fingerprint density at radius 3 is 2.47 bits per heavy atom. The molecule has 190 valence electrons. The van der Waals surface area contributed by atoms with E-state index in [4.69, 9.17) is 9.47 Å². The monoisotopic (exact) mass is 514 g/mol. The van der Waals surface area contributed by atoms with Crippen LogP contribution in [0.2, 0.25) is 0 Å². The second-order valence-corrected chi connectivity index (χ2v) is 8.01. The predicted octanol–water partition coefficient (Wildman–Crippen LogP) is 2.18. The number of nitrogens with one attached hydrogen (secondary N) is 3. The van der Waals surface area contributed by atoms with E-state index in [0.717, 1.165) is 6.21 Å². The average Bonchev–Trinajstić information content (AvgIpc) is 3.40. The molecule has 0 spiro atoms. The summed E-state index contributed by atoms with van der Waals surface area (Å²) in [6.07, 6.45) is 1.08. The summed E-state index contributed by atoms with van der Waals surface area (Å²) in [4.78, 5) is 49.3. The van der Waals surface area contributed by atoms with Gasteiger partial charge in [-0.15, -0.1) is 0 Å². The van der Waals surface area contributed by atoms with Gasteiger partial charge in [-0.3, -0.25) is 24.5 Å². The van der Waals surface area contributed by atoms with Crippen LogP contribution in [0, 0.1) is 10.1 Å². The maximum atomic E-state index is 13.3. The number of H-pyrrole nitrogens is 1. The molecule has 0 aliphatic carbocycles. The lowest BCUT2D eigenvalue weighted by atomic mass is 10.0. The third kappa shape index (κ3) is 4.75. The zero-order valence-corrected chi connectivity index (χ0v) is 19.4. The molecule has 1 aliphatic rings. The molecule has 3 aromatic carbocycles. The molecule has 4 aromatic rings. The Bertz CT molecular complexity index is 1650. The molecule has 1 aromatic heterocycles. The van der Waals surface area contributed by atoms with E-state index >= 15 is 0 Å². The van der Waals surface area contributed by atoms with Crippen molar-refractivity contribution in [3.8, 4) is 11.5 Å². The summed E-state index contributed by atoms with van der Waals surface area (Å²) in [5.74, 6) is -0.866. The molecule has 0 radical (unpaired) electrons. The fourth-order valence-corrected chi connectivity index (χ4v) is 3.86. The molecule has 0 saturated carbocycles. The Morgan fingerprint density at radius 2 is 1.74 bits per heavy atom. The maximum Gasteiger partial charge on any atom is 0.282 e. The number of hydrogen-bond donors (Lipinski definition) is 3. The number of nitro benzene ring substituents is 1. The van der Waals surface area contributed by atoms with Gasteiger partial charge in [-0.1, -0.05) is 36.4 Å². The summed E-state index contributed by atoms with van der Waals surface area (Å²) < 4.78 is 10.4. The van der Waals surface area contributed by atoms with Crippen LogP contribution in [-0.4, -0.2) is 39.9 Å². The van der Waals surface area contributed by atoms with Crippen LogP contribution in [0.1, 0.15) is 27.7 Å². The number of rotatable bonds is 7. The lowest BCUT2D eigenvalue weighted by Crippen LogP contribution is -2.40.